The number of aliphatic imine (C=N–C) groups is 1. The Bertz CT molecular complexity index is 1160. The summed E-state index contributed by atoms with van der Waals surface area (Å²) in [7, 11) is 3.02. The molecule has 0 atom stereocenters. The fourth-order valence-electron chi connectivity index (χ4n) is 3.01. The largest absolute Gasteiger partial charge is 0.496 e. The molecule has 2 aromatic carbocycles. The van der Waals surface area contributed by atoms with Crippen molar-refractivity contribution in [2.45, 2.75) is 12.7 Å². The molecule has 0 aliphatic heterocycles. The average Bonchev–Trinajstić information content (AvgIpc) is 2.70. The summed E-state index contributed by atoms with van der Waals surface area (Å²) >= 11 is 6.09. The number of methoxy groups -OCH3 is 1. The first kappa shape index (κ1) is 21.6. The number of hydrogen-bond donors (Lipinski definition) is 0. The van der Waals surface area contributed by atoms with Crippen LogP contribution in [0.15, 0.2) is 58.4 Å². The second-order valence-corrected chi connectivity index (χ2v) is 6.69. The molecule has 3 aromatic rings. The van der Waals surface area contributed by atoms with Crippen LogP contribution in [0.5, 0.6) is 5.75 Å². The number of rotatable bonds is 5. The SMILES string of the molecule is CN=Cc1cn(Cc2ccccc2OC)c(-c2cccc(C(F)(F)F)c2Cl)nc1=O. The lowest BCUT2D eigenvalue weighted by molar-refractivity contribution is -0.137. The molecule has 3 rings (SSSR count). The van der Waals surface area contributed by atoms with E-state index in [9.17, 15) is 18.0 Å². The zero-order chi connectivity index (χ0) is 21.9. The fraction of sp³-hybridized carbons (Fsp3) is 0.190. The summed E-state index contributed by atoms with van der Waals surface area (Å²) in [6, 6.07) is 10.7. The summed E-state index contributed by atoms with van der Waals surface area (Å²) in [4.78, 5) is 20.3. The number of nitrogens with zero attached hydrogens (tertiary/aromatic N) is 3. The molecule has 30 heavy (non-hydrogen) atoms. The maximum atomic E-state index is 13.3. The predicted octanol–water partition coefficient (Wildman–Crippen LogP) is 4.69. The summed E-state index contributed by atoms with van der Waals surface area (Å²) in [6.07, 6.45) is -1.82. The topological polar surface area (TPSA) is 56.5 Å². The Morgan fingerprint density at radius 3 is 2.60 bits per heavy atom. The van der Waals surface area contributed by atoms with Crippen LogP contribution in [0.3, 0.4) is 0 Å². The van der Waals surface area contributed by atoms with Gasteiger partial charge in [-0.1, -0.05) is 35.9 Å². The van der Waals surface area contributed by atoms with E-state index < -0.39 is 22.3 Å². The molecule has 0 radical (unpaired) electrons. The first-order valence-electron chi connectivity index (χ1n) is 8.78. The van der Waals surface area contributed by atoms with Gasteiger partial charge >= 0.3 is 6.18 Å². The fourth-order valence-corrected chi connectivity index (χ4v) is 3.33. The third-order valence-electron chi connectivity index (χ3n) is 4.37. The monoisotopic (exact) mass is 435 g/mol. The van der Waals surface area contributed by atoms with E-state index in [2.05, 4.69) is 9.98 Å². The Morgan fingerprint density at radius 2 is 1.93 bits per heavy atom. The van der Waals surface area contributed by atoms with Gasteiger partial charge in [0.1, 0.15) is 11.6 Å². The first-order chi connectivity index (χ1) is 14.3. The average molecular weight is 436 g/mol. The molecule has 0 bridgehead atoms. The minimum Gasteiger partial charge on any atom is -0.496 e. The molecule has 1 aromatic heterocycles. The van der Waals surface area contributed by atoms with Crippen molar-refractivity contribution in [3.63, 3.8) is 0 Å². The van der Waals surface area contributed by atoms with E-state index in [1.54, 1.807) is 22.8 Å². The Hall–Kier alpha value is -3.13. The summed E-state index contributed by atoms with van der Waals surface area (Å²) in [5.74, 6) is 0.596. The van der Waals surface area contributed by atoms with Gasteiger partial charge in [0, 0.05) is 30.6 Å². The van der Waals surface area contributed by atoms with Gasteiger partial charge in [-0.05, 0) is 18.2 Å². The van der Waals surface area contributed by atoms with Crippen LogP contribution in [0, 0.1) is 0 Å². The molecule has 0 fully saturated rings. The highest BCUT2D eigenvalue weighted by molar-refractivity contribution is 6.34. The van der Waals surface area contributed by atoms with E-state index in [0.717, 1.165) is 11.6 Å². The molecule has 1 heterocycles. The van der Waals surface area contributed by atoms with E-state index >= 15 is 0 Å². The van der Waals surface area contributed by atoms with Crippen LogP contribution in [-0.2, 0) is 12.7 Å². The number of ether oxygens (including phenoxy) is 1. The van der Waals surface area contributed by atoms with Crippen molar-refractivity contribution in [2.24, 2.45) is 4.99 Å². The number of halogens is 4. The number of alkyl halides is 3. The molecule has 0 amide bonds. The van der Waals surface area contributed by atoms with Gasteiger partial charge < -0.3 is 9.30 Å². The van der Waals surface area contributed by atoms with Crippen molar-refractivity contribution >= 4 is 17.8 Å². The molecule has 0 saturated carbocycles. The Labute approximate surface area is 175 Å². The molecule has 0 saturated heterocycles. The molecule has 0 aliphatic carbocycles. The van der Waals surface area contributed by atoms with Crippen LogP contribution >= 0.6 is 11.6 Å². The molecular weight excluding hydrogens is 419 g/mol. The summed E-state index contributed by atoms with van der Waals surface area (Å²) in [5, 5.41) is -0.525. The quantitative estimate of drug-likeness (QED) is 0.546. The lowest BCUT2D eigenvalue weighted by Crippen LogP contribution is -2.20. The third kappa shape index (κ3) is 4.38. The molecule has 0 spiro atoms. The number of aromatic nitrogens is 2. The van der Waals surface area contributed by atoms with Gasteiger partial charge in [0.2, 0.25) is 0 Å². The van der Waals surface area contributed by atoms with Gasteiger partial charge in [-0.2, -0.15) is 18.2 Å². The minimum absolute atomic E-state index is 0.00141. The number of para-hydroxylation sites is 1. The van der Waals surface area contributed by atoms with E-state index in [1.165, 1.54) is 38.7 Å². The predicted molar refractivity (Wildman–Crippen MR) is 110 cm³/mol. The van der Waals surface area contributed by atoms with Gasteiger partial charge in [-0.15, -0.1) is 0 Å². The van der Waals surface area contributed by atoms with Crippen molar-refractivity contribution in [3.8, 4) is 17.1 Å². The van der Waals surface area contributed by atoms with Gasteiger partial charge in [0.15, 0.2) is 0 Å². The first-order valence-corrected chi connectivity index (χ1v) is 9.15. The van der Waals surface area contributed by atoms with Crippen LogP contribution in [-0.4, -0.2) is 29.9 Å². The van der Waals surface area contributed by atoms with Gasteiger partial charge in [0.05, 0.1) is 29.8 Å². The maximum Gasteiger partial charge on any atom is 0.417 e. The van der Waals surface area contributed by atoms with E-state index in [4.69, 9.17) is 16.3 Å². The zero-order valence-electron chi connectivity index (χ0n) is 16.1. The van der Waals surface area contributed by atoms with Crippen molar-refractivity contribution in [3.05, 3.63) is 80.7 Å². The van der Waals surface area contributed by atoms with Crippen LogP contribution in [0.2, 0.25) is 5.02 Å². The molecule has 156 valence electrons. The summed E-state index contributed by atoms with van der Waals surface area (Å²) in [5.41, 5.74) is -0.689. The molecule has 5 nitrogen and oxygen atoms in total. The highest BCUT2D eigenvalue weighted by atomic mass is 35.5. The minimum atomic E-state index is -4.64. The second kappa shape index (κ2) is 8.71. The Balaban J connectivity index is 2.25. The van der Waals surface area contributed by atoms with E-state index in [1.807, 2.05) is 6.07 Å². The second-order valence-electron chi connectivity index (χ2n) is 6.32. The molecule has 0 unspecified atom stereocenters. The van der Waals surface area contributed by atoms with Crippen molar-refractivity contribution in [1.29, 1.82) is 0 Å². The Kier molecular flexibility index (Phi) is 6.26. The standard InChI is InChI=1S/C21H17ClF3N3O2/c1-26-10-14-12-28(11-13-6-3-4-9-17(13)30-2)19(27-20(14)29)15-7-5-8-16(18(15)22)21(23,24)25/h3-10,12H,11H2,1-2H3. The smallest absolute Gasteiger partial charge is 0.417 e. The van der Waals surface area contributed by atoms with E-state index in [-0.39, 0.29) is 23.5 Å². The highest BCUT2D eigenvalue weighted by Gasteiger charge is 2.34. The van der Waals surface area contributed by atoms with Crippen molar-refractivity contribution in [1.82, 2.24) is 9.55 Å². The van der Waals surface area contributed by atoms with Crippen LogP contribution in [0.1, 0.15) is 16.7 Å². The maximum absolute atomic E-state index is 13.3. The molecule has 0 aliphatic rings. The molecule has 0 N–H and O–H groups in total. The molecular formula is C21H17ClF3N3O2. The van der Waals surface area contributed by atoms with Gasteiger partial charge in [0.25, 0.3) is 5.56 Å². The third-order valence-corrected chi connectivity index (χ3v) is 4.77. The summed E-state index contributed by atoms with van der Waals surface area (Å²) < 4.78 is 46.9. The lowest BCUT2D eigenvalue weighted by Gasteiger charge is -2.18. The van der Waals surface area contributed by atoms with Gasteiger partial charge in [-0.25, -0.2) is 0 Å². The normalized spacial score (nSPS) is 11.8. The van der Waals surface area contributed by atoms with Crippen LogP contribution in [0.25, 0.3) is 11.4 Å². The Morgan fingerprint density at radius 1 is 1.20 bits per heavy atom. The summed E-state index contributed by atoms with van der Waals surface area (Å²) in [6.45, 7) is 0.184. The highest BCUT2D eigenvalue weighted by Crippen LogP contribution is 2.39. The van der Waals surface area contributed by atoms with Gasteiger partial charge in [-0.3, -0.25) is 9.79 Å². The van der Waals surface area contributed by atoms with Crippen LogP contribution < -0.4 is 10.3 Å². The number of benzene rings is 2. The lowest BCUT2D eigenvalue weighted by atomic mass is 10.1. The van der Waals surface area contributed by atoms with Crippen molar-refractivity contribution in [2.75, 3.05) is 14.2 Å². The zero-order valence-corrected chi connectivity index (χ0v) is 16.8. The number of hydrogen-bond acceptors (Lipinski definition) is 4. The van der Waals surface area contributed by atoms with E-state index in [0.29, 0.717) is 5.75 Å². The van der Waals surface area contributed by atoms with Crippen LogP contribution in [0.4, 0.5) is 13.2 Å². The molecule has 9 heteroatoms. The van der Waals surface area contributed by atoms with Crippen molar-refractivity contribution < 1.29 is 17.9 Å².